The van der Waals surface area contributed by atoms with Crippen LogP contribution < -0.4 is 21.9 Å². The lowest BCUT2D eigenvalue weighted by Gasteiger charge is -2.27. The number of benzene rings is 1. The van der Waals surface area contributed by atoms with Crippen LogP contribution in [-0.2, 0) is 0 Å². The number of phenols is 1. The average molecular weight is 410 g/mol. The lowest BCUT2D eigenvalue weighted by molar-refractivity contribution is -0.0146. The van der Waals surface area contributed by atoms with Gasteiger partial charge >= 0.3 is 5.69 Å². The number of aromatic hydroxyl groups is 1. The molecule has 0 spiro atoms. The number of hydrogen-bond acceptors (Lipinski definition) is 5. The standard InChI is InChI=1S/C19H21F3N4O3/c1-7-13-11(17(28)24-18(29)26(13)9-2-3-9)15(27)12(20)14(7)25-5-8-4-19(21,22)16(23)10(8)6-25/h8-10,16,27H,2-6,23H2,1H3,(H,24,28,29). The molecule has 1 aromatic carbocycles. The van der Waals surface area contributed by atoms with E-state index in [1.807, 2.05) is 0 Å². The van der Waals surface area contributed by atoms with E-state index in [2.05, 4.69) is 4.98 Å². The Kier molecular flexibility index (Phi) is 3.69. The Morgan fingerprint density at radius 2 is 1.93 bits per heavy atom. The molecule has 29 heavy (non-hydrogen) atoms. The summed E-state index contributed by atoms with van der Waals surface area (Å²) in [6.07, 6.45) is 1.12. The van der Waals surface area contributed by atoms with E-state index in [0.717, 1.165) is 12.8 Å². The highest BCUT2D eigenvalue weighted by Gasteiger charge is 2.56. The maximum Gasteiger partial charge on any atom is 0.329 e. The van der Waals surface area contributed by atoms with Crippen LogP contribution in [0.25, 0.3) is 10.9 Å². The monoisotopic (exact) mass is 410 g/mol. The zero-order valence-electron chi connectivity index (χ0n) is 15.7. The Morgan fingerprint density at radius 1 is 1.24 bits per heavy atom. The van der Waals surface area contributed by atoms with Crippen LogP contribution in [0.3, 0.4) is 0 Å². The fourth-order valence-corrected chi connectivity index (χ4v) is 5.19. The number of rotatable bonds is 2. The van der Waals surface area contributed by atoms with Gasteiger partial charge in [-0.15, -0.1) is 0 Å². The topological polar surface area (TPSA) is 104 Å². The van der Waals surface area contributed by atoms with Crippen LogP contribution in [0.2, 0.25) is 0 Å². The summed E-state index contributed by atoms with van der Waals surface area (Å²) in [5.74, 6) is -5.64. The number of H-pyrrole nitrogens is 1. The van der Waals surface area contributed by atoms with E-state index in [0.29, 0.717) is 5.56 Å². The second kappa shape index (κ2) is 5.78. The van der Waals surface area contributed by atoms with E-state index in [9.17, 15) is 23.5 Å². The first-order valence-corrected chi connectivity index (χ1v) is 9.69. The third-order valence-corrected chi connectivity index (χ3v) is 6.71. The summed E-state index contributed by atoms with van der Waals surface area (Å²) in [4.78, 5) is 28.5. The average Bonchev–Trinajstić information content (AvgIpc) is 3.35. The Labute approximate surface area is 162 Å². The summed E-state index contributed by atoms with van der Waals surface area (Å²) in [6, 6.07) is -1.43. The van der Waals surface area contributed by atoms with Crippen LogP contribution in [0.4, 0.5) is 18.9 Å². The van der Waals surface area contributed by atoms with Crippen LogP contribution in [0, 0.1) is 24.6 Å². The van der Waals surface area contributed by atoms with Gasteiger partial charge in [0.05, 0.1) is 17.2 Å². The molecule has 1 aromatic heterocycles. The number of nitrogens with two attached hydrogens (primary N) is 1. The molecule has 0 radical (unpaired) electrons. The molecule has 3 aliphatic rings. The van der Waals surface area contributed by atoms with E-state index in [4.69, 9.17) is 5.73 Å². The molecular formula is C19H21F3N4O3. The molecule has 3 fully saturated rings. The van der Waals surface area contributed by atoms with E-state index in [1.54, 1.807) is 11.8 Å². The maximum absolute atomic E-state index is 15.2. The number of aromatic nitrogens is 2. The highest BCUT2D eigenvalue weighted by Crippen LogP contribution is 2.49. The molecule has 1 saturated heterocycles. The van der Waals surface area contributed by atoms with E-state index >= 15 is 4.39 Å². The number of aromatic amines is 1. The third kappa shape index (κ3) is 2.47. The van der Waals surface area contributed by atoms with Gasteiger partial charge in [0.25, 0.3) is 11.5 Å². The first kappa shape index (κ1) is 18.5. The number of halogens is 3. The van der Waals surface area contributed by atoms with Crippen molar-refractivity contribution in [3.8, 4) is 5.75 Å². The van der Waals surface area contributed by atoms with Gasteiger partial charge in [0, 0.05) is 37.0 Å². The predicted octanol–water partition coefficient (Wildman–Crippen LogP) is 1.60. The molecule has 0 amide bonds. The number of anilines is 1. The molecule has 1 aliphatic heterocycles. The fraction of sp³-hybridized carbons (Fsp3) is 0.579. The van der Waals surface area contributed by atoms with Crippen molar-refractivity contribution in [2.45, 2.75) is 44.2 Å². The predicted molar refractivity (Wildman–Crippen MR) is 100 cm³/mol. The summed E-state index contributed by atoms with van der Waals surface area (Å²) in [7, 11) is 0. The van der Waals surface area contributed by atoms with Gasteiger partial charge in [0.1, 0.15) is 5.39 Å². The van der Waals surface area contributed by atoms with Gasteiger partial charge in [-0.2, -0.15) is 0 Å². The number of nitrogens with one attached hydrogen (secondary N) is 1. The van der Waals surface area contributed by atoms with Gasteiger partial charge < -0.3 is 15.7 Å². The van der Waals surface area contributed by atoms with Crippen molar-refractivity contribution >= 4 is 16.6 Å². The van der Waals surface area contributed by atoms with Crippen molar-refractivity contribution in [1.82, 2.24) is 9.55 Å². The Morgan fingerprint density at radius 3 is 2.55 bits per heavy atom. The molecule has 2 aromatic rings. The maximum atomic E-state index is 15.2. The first-order valence-electron chi connectivity index (χ1n) is 9.69. The molecule has 2 aliphatic carbocycles. The summed E-state index contributed by atoms with van der Waals surface area (Å²) < 4.78 is 44.4. The largest absolute Gasteiger partial charge is 0.504 e. The summed E-state index contributed by atoms with van der Waals surface area (Å²) >= 11 is 0. The highest BCUT2D eigenvalue weighted by atomic mass is 19.3. The Bertz CT molecular complexity index is 1150. The van der Waals surface area contributed by atoms with Gasteiger partial charge in [0.2, 0.25) is 0 Å². The molecule has 156 valence electrons. The number of aryl methyl sites for hydroxylation is 1. The van der Waals surface area contributed by atoms with Crippen LogP contribution >= 0.6 is 0 Å². The number of fused-ring (bicyclic) bond motifs is 2. The molecule has 5 rings (SSSR count). The van der Waals surface area contributed by atoms with Gasteiger partial charge in [0.15, 0.2) is 11.6 Å². The molecule has 0 bridgehead atoms. The normalized spacial score (nSPS) is 28.3. The van der Waals surface area contributed by atoms with Crippen LogP contribution in [0.15, 0.2) is 9.59 Å². The number of hydrogen-bond donors (Lipinski definition) is 3. The second-order valence-corrected chi connectivity index (χ2v) is 8.54. The van der Waals surface area contributed by atoms with E-state index < -0.39 is 40.7 Å². The molecule has 2 saturated carbocycles. The highest BCUT2D eigenvalue weighted by molar-refractivity contribution is 5.92. The zero-order chi connectivity index (χ0) is 20.8. The minimum absolute atomic E-state index is 0.0410. The molecule has 2 heterocycles. The Balaban J connectivity index is 1.70. The van der Waals surface area contributed by atoms with Crippen molar-refractivity contribution in [2.24, 2.45) is 17.6 Å². The van der Waals surface area contributed by atoms with Crippen molar-refractivity contribution < 1.29 is 18.3 Å². The quantitative estimate of drug-likeness (QED) is 0.698. The van der Waals surface area contributed by atoms with Crippen molar-refractivity contribution in [3.05, 3.63) is 32.2 Å². The number of alkyl halides is 2. The smallest absolute Gasteiger partial charge is 0.329 e. The van der Waals surface area contributed by atoms with Gasteiger partial charge in [-0.05, 0) is 25.7 Å². The van der Waals surface area contributed by atoms with E-state index in [1.165, 1.54) is 4.57 Å². The lowest BCUT2D eigenvalue weighted by atomic mass is 9.98. The summed E-state index contributed by atoms with van der Waals surface area (Å²) in [6.45, 7) is 1.88. The van der Waals surface area contributed by atoms with Gasteiger partial charge in [-0.25, -0.2) is 18.0 Å². The van der Waals surface area contributed by atoms with Crippen molar-refractivity contribution in [1.29, 1.82) is 0 Å². The van der Waals surface area contributed by atoms with Crippen molar-refractivity contribution in [3.63, 3.8) is 0 Å². The molecular weight excluding hydrogens is 389 g/mol. The fourth-order valence-electron chi connectivity index (χ4n) is 5.19. The summed E-state index contributed by atoms with van der Waals surface area (Å²) in [5, 5.41) is 10.2. The second-order valence-electron chi connectivity index (χ2n) is 8.54. The molecule has 7 nitrogen and oxygen atoms in total. The molecule has 10 heteroatoms. The zero-order valence-corrected chi connectivity index (χ0v) is 15.7. The molecule has 4 N–H and O–H groups in total. The van der Waals surface area contributed by atoms with Crippen molar-refractivity contribution in [2.75, 3.05) is 18.0 Å². The van der Waals surface area contributed by atoms with Crippen LogP contribution in [0.1, 0.15) is 30.9 Å². The van der Waals surface area contributed by atoms with E-state index in [-0.39, 0.29) is 48.1 Å². The van der Waals surface area contributed by atoms with Crippen LogP contribution in [0.5, 0.6) is 5.75 Å². The minimum Gasteiger partial charge on any atom is -0.504 e. The molecule has 3 atom stereocenters. The number of phenolic OH excluding ortho intramolecular Hbond substituents is 1. The number of nitrogens with zero attached hydrogens (tertiary/aromatic N) is 2. The third-order valence-electron chi connectivity index (χ3n) is 6.71. The van der Waals surface area contributed by atoms with Gasteiger partial charge in [-0.1, -0.05) is 0 Å². The SMILES string of the molecule is Cc1c(N2CC3CC(F)(F)C(N)C3C2)c(F)c(O)c2c(=O)[nH]c(=O)n(C3CC3)c12. The first-order chi connectivity index (χ1) is 13.6. The van der Waals surface area contributed by atoms with Gasteiger partial charge in [-0.3, -0.25) is 14.3 Å². The summed E-state index contributed by atoms with van der Waals surface area (Å²) in [5.41, 5.74) is 4.85. The Hall–Kier alpha value is -2.49. The lowest BCUT2D eigenvalue weighted by Crippen LogP contribution is -2.42. The minimum atomic E-state index is -2.94. The molecule has 3 unspecified atom stereocenters. The van der Waals surface area contributed by atoms with Crippen LogP contribution in [-0.4, -0.2) is 39.7 Å².